The number of allylic oxidation sites excluding steroid dienone is 1. The van der Waals surface area contributed by atoms with Gasteiger partial charge in [0.2, 0.25) is 0 Å². The first-order chi connectivity index (χ1) is 30.0. The summed E-state index contributed by atoms with van der Waals surface area (Å²) in [4.78, 5) is 15.5. The molecule has 4 heteroatoms. The molecule has 0 radical (unpaired) electrons. The smallest absolute Gasteiger partial charge is 0.160 e. The molecule has 0 fully saturated rings. The van der Waals surface area contributed by atoms with Gasteiger partial charge in [-0.05, 0) is 88.5 Å². The number of pyridine rings is 1. The first-order valence-electron chi connectivity index (χ1n) is 21.2. The van der Waals surface area contributed by atoms with Gasteiger partial charge in [-0.15, -0.1) is 0 Å². The van der Waals surface area contributed by atoms with E-state index in [0.717, 1.165) is 85.2 Å². The lowest BCUT2D eigenvalue weighted by Gasteiger charge is -2.39. The first-order valence-corrected chi connectivity index (χ1v) is 21.2. The van der Waals surface area contributed by atoms with Gasteiger partial charge in [-0.1, -0.05) is 177 Å². The Morgan fingerprint density at radius 1 is 0.475 bits per heavy atom. The Bertz CT molecular complexity index is 3060. The number of fused-ring (bicyclic) bond motifs is 9. The maximum Gasteiger partial charge on any atom is 0.160 e. The van der Waals surface area contributed by atoms with Crippen LogP contribution in [0.2, 0.25) is 0 Å². The van der Waals surface area contributed by atoms with Crippen molar-refractivity contribution in [2.75, 3.05) is 0 Å². The van der Waals surface area contributed by atoms with Gasteiger partial charge < -0.3 is 4.74 Å². The molecule has 1 aliphatic carbocycles. The lowest BCUT2D eigenvalue weighted by Crippen LogP contribution is -2.32. The average Bonchev–Trinajstić information content (AvgIpc) is 3.59. The molecule has 0 bridgehead atoms. The van der Waals surface area contributed by atoms with Crippen molar-refractivity contribution in [1.29, 1.82) is 0 Å². The highest BCUT2D eigenvalue weighted by atomic mass is 16.5. The van der Waals surface area contributed by atoms with Gasteiger partial charge in [0.05, 0.1) is 16.8 Å². The number of rotatable bonds is 5. The summed E-state index contributed by atoms with van der Waals surface area (Å²) in [6.07, 6.45) is 3.10. The molecule has 0 saturated carbocycles. The molecule has 61 heavy (non-hydrogen) atoms. The van der Waals surface area contributed by atoms with E-state index in [9.17, 15) is 0 Å². The van der Waals surface area contributed by atoms with Crippen molar-refractivity contribution in [3.63, 3.8) is 0 Å². The number of ether oxygens (including phenoxy) is 1. The van der Waals surface area contributed by atoms with E-state index < -0.39 is 5.41 Å². The van der Waals surface area contributed by atoms with Crippen molar-refractivity contribution in [3.05, 3.63) is 238 Å². The third-order valence-corrected chi connectivity index (χ3v) is 12.7. The third kappa shape index (κ3) is 6.01. The Balaban J connectivity index is 1.03. The van der Waals surface area contributed by atoms with Crippen LogP contribution in [0.1, 0.15) is 63.7 Å². The monoisotopic (exact) mass is 785 g/mol. The van der Waals surface area contributed by atoms with Crippen LogP contribution in [0.4, 0.5) is 0 Å². The highest BCUT2D eigenvalue weighted by Gasteiger charge is 2.51. The maximum atomic E-state index is 6.58. The highest BCUT2D eigenvalue weighted by molar-refractivity contribution is 6.15. The molecule has 7 aromatic carbocycles. The summed E-state index contributed by atoms with van der Waals surface area (Å²) in [6, 6.07) is 65.1. The minimum absolute atomic E-state index is 0.183. The molecule has 0 amide bonds. The second-order valence-electron chi connectivity index (χ2n) is 16.4. The predicted molar refractivity (Wildman–Crippen MR) is 250 cm³/mol. The Morgan fingerprint density at radius 2 is 1.05 bits per heavy atom. The number of amidine groups is 1. The van der Waals surface area contributed by atoms with Crippen LogP contribution in [0.3, 0.4) is 0 Å². The molecule has 3 aliphatic rings. The second kappa shape index (κ2) is 14.7. The topological polar surface area (TPSA) is 46.8 Å². The number of para-hydroxylation sites is 2. The zero-order valence-corrected chi connectivity index (χ0v) is 34.4. The van der Waals surface area contributed by atoms with E-state index in [1.165, 1.54) is 27.8 Å². The second-order valence-corrected chi connectivity index (χ2v) is 16.4. The summed E-state index contributed by atoms with van der Waals surface area (Å²) in [5.74, 6) is 2.67. The fourth-order valence-corrected chi connectivity index (χ4v) is 9.83. The SMILES string of the molecule is Cc1ccc(-c2ccc(C3=C\CC(C)/C(c4ccccc4)=N/C(c4ccc(-c5cccc6c5-c5ccccc5C65c6ccccc6Oc6ccccc65)cc4)=N\3)cc2)c(C)n1. The van der Waals surface area contributed by atoms with Gasteiger partial charge in [0.25, 0.3) is 0 Å². The lowest BCUT2D eigenvalue weighted by atomic mass is 9.66. The van der Waals surface area contributed by atoms with E-state index in [0.29, 0.717) is 5.84 Å². The van der Waals surface area contributed by atoms with Crippen LogP contribution in [0, 0.1) is 19.8 Å². The van der Waals surface area contributed by atoms with Crippen LogP contribution in [-0.4, -0.2) is 16.5 Å². The number of benzene rings is 7. The van der Waals surface area contributed by atoms with Crippen molar-refractivity contribution < 1.29 is 4.74 Å². The quantitative estimate of drug-likeness (QED) is 0.174. The van der Waals surface area contributed by atoms with E-state index >= 15 is 0 Å². The normalized spacial score (nSPS) is 18.3. The fraction of sp³-hybridized carbons (Fsp3) is 0.105. The molecular weight excluding hydrogens is 743 g/mol. The molecule has 11 rings (SSSR count). The highest BCUT2D eigenvalue weighted by Crippen LogP contribution is 2.63. The molecule has 1 atom stereocenters. The van der Waals surface area contributed by atoms with Crippen molar-refractivity contribution in [2.45, 2.75) is 32.6 Å². The summed E-state index contributed by atoms with van der Waals surface area (Å²) < 4.78 is 6.58. The van der Waals surface area contributed by atoms with Crippen LogP contribution in [0.5, 0.6) is 11.5 Å². The van der Waals surface area contributed by atoms with Crippen LogP contribution >= 0.6 is 0 Å². The fourth-order valence-electron chi connectivity index (χ4n) is 9.83. The van der Waals surface area contributed by atoms with Crippen molar-refractivity contribution >= 4 is 17.2 Å². The Kier molecular flexibility index (Phi) is 8.82. The molecule has 1 unspecified atom stereocenters. The number of hydrogen-bond donors (Lipinski definition) is 0. The van der Waals surface area contributed by atoms with Crippen LogP contribution < -0.4 is 4.74 Å². The molecular formula is C57H43N3O. The minimum Gasteiger partial charge on any atom is -0.457 e. The molecule has 292 valence electrons. The predicted octanol–water partition coefficient (Wildman–Crippen LogP) is 13.8. The Labute approximate surface area is 357 Å². The van der Waals surface area contributed by atoms with Gasteiger partial charge in [0.15, 0.2) is 5.84 Å². The molecule has 0 N–H and O–H groups in total. The molecule has 2 aliphatic heterocycles. The van der Waals surface area contributed by atoms with Gasteiger partial charge in [0.1, 0.15) is 11.5 Å². The van der Waals surface area contributed by atoms with Gasteiger partial charge in [-0.25, -0.2) is 9.98 Å². The van der Waals surface area contributed by atoms with Crippen molar-refractivity contribution in [1.82, 2.24) is 4.98 Å². The van der Waals surface area contributed by atoms with E-state index in [1.54, 1.807) is 0 Å². The van der Waals surface area contributed by atoms with E-state index in [2.05, 4.69) is 202 Å². The summed E-state index contributed by atoms with van der Waals surface area (Å²) in [5, 5.41) is 0. The maximum absolute atomic E-state index is 6.58. The molecule has 3 heterocycles. The molecule has 4 nitrogen and oxygen atoms in total. The molecule has 1 aromatic heterocycles. The number of aryl methyl sites for hydroxylation is 2. The number of nitrogens with zero attached hydrogens (tertiary/aromatic N) is 3. The van der Waals surface area contributed by atoms with Crippen molar-refractivity contribution in [3.8, 4) is 44.9 Å². The zero-order valence-electron chi connectivity index (χ0n) is 34.4. The van der Waals surface area contributed by atoms with E-state index in [1.807, 2.05) is 6.92 Å². The summed E-state index contributed by atoms with van der Waals surface area (Å²) in [5.41, 5.74) is 18.6. The van der Waals surface area contributed by atoms with Crippen molar-refractivity contribution in [2.24, 2.45) is 15.9 Å². The standard InChI is InChI=1S/C57H43N3O/c1-36-24-35-51(41-30-26-39(27-31-41)44-34-25-37(2)58-38(44)3)59-56(60-55(36)42-14-5-4-6-15-42)43-32-28-40(29-33-43)45-17-13-21-50-54(45)46-16-7-8-18-47(46)57(50)48-19-9-11-22-52(48)61-53-23-12-10-20-49(53)57/h4-23,25-36H,24H2,1-3H3/b51-35+,59-56-,60-55-. The molecule has 1 spiro atoms. The number of aromatic nitrogens is 1. The molecule has 8 aromatic rings. The van der Waals surface area contributed by atoms with Gasteiger partial charge in [0, 0.05) is 39.6 Å². The minimum atomic E-state index is -0.517. The number of aliphatic imine (C=N–C) groups is 2. The molecule has 0 saturated heterocycles. The lowest BCUT2D eigenvalue weighted by molar-refractivity contribution is 0.436. The average molecular weight is 786 g/mol. The Morgan fingerprint density at radius 3 is 1.75 bits per heavy atom. The summed E-state index contributed by atoms with van der Waals surface area (Å²) in [6.45, 7) is 6.37. The Hall–Kier alpha value is -7.43. The van der Waals surface area contributed by atoms with E-state index in [4.69, 9.17) is 19.7 Å². The van der Waals surface area contributed by atoms with Crippen LogP contribution in [0.15, 0.2) is 198 Å². The van der Waals surface area contributed by atoms with Gasteiger partial charge in [-0.3, -0.25) is 4.98 Å². The van der Waals surface area contributed by atoms with Gasteiger partial charge in [-0.2, -0.15) is 0 Å². The third-order valence-electron chi connectivity index (χ3n) is 12.7. The van der Waals surface area contributed by atoms with Crippen LogP contribution in [-0.2, 0) is 5.41 Å². The van der Waals surface area contributed by atoms with E-state index in [-0.39, 0.29) is 5.92 Å². The zero-order chi connectivity index (χ0) is 41.1. The van der Waals surface area contributed by atoms with Gasteiger partial charge >= 0.3 is 0 Å². The largest absolute Gasteiger partial charge is 0.457 e. The van der Waals surface area contributed by atoms with Crippen LogP contribution in [0.25, 0.3) is 39.1 Å². The number of hydrogen-bond acceptors (Lipinski definition) is 4. The first kappa shape index (κ1) is 36.6. The summed E-state index contributed by atoms with van der Waals surface area (Å²) in [7, 11) is 0. The summed E-state index contributed by atoms with van der Waals surface area (Å²) >= 11 is 0.